The van der Waals surface area contributed by atoms with E-state index in [0.29, 0.717) is 45.9 Å². The lowest BCUT2D eigenvalue weighted by Crippen LogP contribution is -2.50. The fourth-order valence-corrected chi connectivity index (χ4v) is 2.33. The van der Waals surface area contributed by atoms with Gasteiger partial charge in [0.05, 0.1) is 6.54 Å². The quantitative estimate of drug-likeness (QED) is 0.382. The minimum absolute atomic E-state index is 0.00213. The Labute approximate surface area is 143 Å². The van der Waals surface area contributed by atoms with Gasteiger partial charge in [-0.25, -0.2) is 0 Å². The van der Waals surface area contributed by atoms with Crippen LogP contribution in [0.2, 0.25) is 0 Å². The first kappa shape index (κ1) is 19.9. The zero-order valence-corrected chi connectivity index (χ0v) is 14.6. The molecular formula is C16H26N4O4. The second-order valence-corrected chi connectivity index (χ2v) is 5.22. The van der Waals surface area contributed by atoms with Gasteiger partial charge in [0, 0.05) is 52.5 Å². The van der Waals surface area contributed by atoms with Crippen LogP contribution in [0, 0.1) is 11.3 Å². The fourth-order valence-electron chi connectivity index (χ4n) is 2.33. The van der Waals surface area contributed by atoms with Crippen LogP contribution in [0.15, 0.2) is 11.8 Å². The molecule has 0 spiro atoms. The molecule has 1 saturated heterocycles. The molecule has 1 aliphatic heterocycles. The third-order valence-corrected chi connectivity index (χ3v) is 3.60. The maximum atomic E-state index is 12.4. The highest BCUT2D eigenvalue weighted by atomic mass is 16.7. The van der Waals surface area contributed by atoms with Gasteiger partial charge >= 0.3 is 0 Å². The lowest BCUT2D eigenvalue weighted by atomic mass is 10.2. The van der Waals surface area contributed by atoms with Crippen LogP contribution in [-0.2, 0) is 19.1 Å². The molecule has 1 fully saturated rings. The molecule has 0 aromatic rings. The van der Waals surface area contributed by atoms with Gasteiger partial charge in [-0.1, -0.05) is 0 Å². The van der Waals surface area contributed by atoms with Crippen LogP contribution in [0.4, 0.5) is 0 Å². The number of nitrogens with zero attached hydrogens (tertiary/aromatic N) is 3. The standard InChI is InChI=1S/C16H26N4O4/c1-4-23-15(24-5-2)12-18-11-14(10-17)16(22)20-8-6-19(7-9-20)13(3)21/h11,15,18H,4-9,12H2,1-3H3/b14-11-. The Hall–Kier alpha value is -2.11. The molecule has 1 aliphatic rings. The van der Waals surface area contributed by atoms with Crippen molar-refractivity contribution in [3.63, 3.8) is 0 Å². The summed E-state index contributed by atoms with van der Waals surface area (Å²) < 4.78 is 10.8. The number of ether oxygens (including phenoxy) is 2. The normalized spacial score (nSPS) is 15.4. The molecule has 8 heteroatoms. The minimum atomic E-state index is -0.426. The van der Waals surface area contributed by atoms with Crippen molar-refractivity contribution in [2.24, 2.45) is 0 Å². The molecule has 0 atom stereocenters. The number of piperazine rings is 1. The Morgan fingerprint density at radius 2 is 1.71 bits per heavy atom. The molecule has 134 valence electrons. The monoisotopic (exact) mass is 338 g/mol. The molecule has 0 radical (unpaired) electrons. The summed E-state index contributed by atoms with van der Waals surface area (Å²) in [6.45, 7) is 8.46. The van der Waals surface area contributed by atoms with Gasteiger partial charge < -0.3 is 24.6 Å². The highest BCUT2D eigenvalue weighted by Gasteiger charge is 2.24. The molecular weight excluding hydrogens is 312 g/mol. The molecule has 1 rings (SSSR count). The summed E-state index contributed by atoms with van der Waals surface area (Å²) in [5.41, 5.74) is 0.0259. The SMILES string of the molecule is CCOC(CN/C=C(/C#N)C(=O)N1CCN(C(C)=O)CC1)OCC. The number of nitrogens with one attached hydrogen (secondary N) is 1. The molecule has 1 heterocycles. The van der Waals surface area contributed by atoms with Gasteiger partial charge in [0.1, 0.15) is 11.6 Å². The Balaban J connectivity index is 2.54. The van der Waals surface area contributed by atoms with Crippen molar-refractivity contribution < 1.29 is 19.1 Å². The maximum absolute atomic E-state index is 12.4. The smallest absolute Gasteiger partial charge is 0.266 e. The molecule has 0 aromatic carbocycles. The highest BCUT2D eigenvalue weighted by molar-refractivity contribution is 5.97. The van der Waals surface area contributed by atoms with E-state index in [0.717, 1.165) is 0 Å². The second-order valence-electron chi connectivity index (χ2n) is 5.22. The minimum Gasteiger partial charge on any atom is -0.385 e. The van der Waals surface area contributed by atoms with Crippen LogP contribution in [-0.4, -0.2) is 73.8 Å². The van der Waals surface area contributed by atoms with Crippen molar-refractivity contribution in [2.45, 2.75) is 27.1 Å². The third-order valence-electron chi connectivity index (χ3n) is 3.60. The average Bonchev–Trinajstić information content (AvgIpc) is 2.58. The number of rotatable bonds is 8. The maximum Gasteiger partial charge on any atom is 0.266 e. The third kappa shape index (κ3) is 6.18. The lowest BCUT2D eigenvalue weighted by molar-refractivity contribution is -0.136. The van der Waals surface area contributed by atoms with Gasteiger partial charge in [0.25, 0.3) is 5.91 Å². The first-order chi connectivity index (χ1) is 11.5. The van der Waals surface area contributed by atoms with Crippen LogP contribution in [0.3, 0.4) is 0 Å². The second kappa shape index (κ2) is 10.6. The summed E-state index contributed by atoms with van der Waals surface area (Å²) in [7, 11) is 0. The molecule has 8 nitrogen and oxygen atoms in total. The zero-order chi connectivity index (χ0) is 17.9. The van der Waals surface area contributed by atoms with Gasteiger partial charge in [-0.15, -0.1) is 0 Å². The number of carbonyl (C=O) groups is 2. The van der Waals surface area contributed by atoms with Gasteiger partial charge in [0.15, 0.2) is 6.29 Å². The summed E-state index contributed by atoms with van der Waals surface area (Å²) in [6, 6.07) is 1.92. The van der Waals surface area contributed by atoms with Gasteiger partial charge in [-0.3, -0.25) is 9.59 Å². The predicted octanol–water partition coefficient (Wildman–Crippen LogP) is 0.0733. The van der Waals surface area contributed by atoms with Crippen molar-refractivity contribution in [2.75, 3.05) is 45.9 Å². The van der Waals surface area contributed by atoms with Crippen molar-refractivity contribution in [3.05, 3.63) is 11.8 Å². The molecule has 24 heavy (non-hydrogen) atoms. The molecule has 1 N–H and O–H groups in total. The Morgan fingerprint density at radius 1 is 1.17 bits per heavy atom. The predicted molar refractivity (Wildman–Crippen MR) is 87.6 cm³/mol. The Kier molecular flexibility index (Phi) is 8.83. The van der Waals surface area contributed by atoms with E-state index in [1.165, 1.54) is 13.1 Å². The van der Waals surface area contributed by atoms with E-state index in [1.54, 1.807) is 9.80 Å². The molecule has 2 amide bonds. The molecule has 0 bridgehead atoms. The number of nitriles is 1. The van der Waals surface area contributed by atoms with Crippen LogP contribution >= 0.6 is 0 Å². The number of hydrogen-bond donors (Lipinski definition) is 1. The fraction of sp³-hybridized carbons (Fsp3) is 0.688. The van der Waals surface area contributed by atoms with Crippen molar-refractivity contribution in [3.8, 4) is 6.07 Å². The summed E-state index contributed by atoms with van der Waals surface area (Å²) >= 11 is 0. The van der Waals surface area contributed by atoms with Crippen molar-refractivity contribution >= 4 is 11.8 Å². The van der Waals surface area contributed by atoms with E-state index >= 15 is 0 Å². The van der Waals surface area contributed by atoms with Crippen LogP contribution in [0.5, 0.6) is 0 Å². The van der Waals surface area contributed by atoms with Crippen LogP contribution in [0.25, 0.3) is 0 Å². The molecule has 0 saturated carbocycles. The number of hydrogen-bond acceptors (Lipinski definition) is 6. The van der Waals surface area contributed by atoms with E-state index in [2.05, 4.69) is 5.32 Å². The average molecular weight is 338 g/mol. The zero-order valence-electron chi connectivity index (χ0n) is 14.6. The summed E-state index contributed by atoms with van der Waals surface area (Å²) in [5.74, 6) is -0.338. The van der Waals surface area contributed by atoms with Gasteiger partial charge in [-0.05, 0) is 13.8 Å². The van der Waals surface area contributed by atoms with E-state index in [1.807, 2.05) is 19.9 Å². The molecule has 0 unspecified atom stereocenters. The molecule has 0 aromatic heterocycles. The van der Waals surface area contributed by atoms with E-state index in [9.17, 15) is 14.9 Å². The van der Waals surface area contributed by atoms with E-state index in [4.69, 9.17) is 9.47 Å². The molecule has 0 aliphatic carbocycles. The van der Waals surface area contributed by atoms with Crippen molar-refractivity contribution in [1.82, 2.24) is 15.1 Å². The number of amides is 2. The summed E-state index contributed by atoms with van der Waals surface area (Å²) in [6.07, 6.45) is 0.968. The van der Waals surface area contributed by atoms with Crippen molar-refractivity contribution in [1.29, 1.82) is 5.26 Å². The topological polar surface area (TPSA) is 94.9 Å². The van der Waals surface area contributed by atoms with Gasteiger partial charge in [-0.2, -0.15) is 5.26 Å². The first-order valence-corrected chi connectivity index (χ1v) is 8.15. The lowest BCUT2D eigenvalue weighted by Gasteiger charge is -2.34. The Morgan fingerprint density at radius 3 is 2.17 bits per heavy atom. The van der Waals surface area contributed by atoms with Crippen LogP contribution in [0.1, 0.15) is 20.8 Å². The first-order valence-electron chi connectivity index (χ1n) is 8.15. The summed E-state index contributed by atoms with van der Waals surface area (Å²) in [5, 5.41) is 12.1. The van der Waals surface area contributed by atoms with Crippen LogP contribution < -0.4 is 5.32 Å². The Bertz CT molecular complexity index is 487. The van der Waals surface area contributed by atoms with E-state index < -0.39 is 6.29 Å². The van der Waals surface area contributed by atoms with Gasteiger partial charge in [0.2, 0.25) is 5.91 Å². The summed E-state index contributed by atoms with van der Waals surface area (Å²) in [4.78, 5) is 26.9. The van der Waals surface area contributed by atoms with E-state index in [-0.39, 0.29) is 17.4 Å². The number of carbonyl (C=O) groups excluding carboxylic acids is 2. The largest absolute Gasteiger partial charge is 0.385 e. The highest BCUT2D eigenvalue weighted by Crippen LogP contribution is 2.07.